The van der Waals surface area contributed by atoms with Gasteiger partial charge in [0.25, 0.3) is 5.91 Å². The second-order valence-corrected chi connectivity index (χ2v) is 4.66. The van der Waals surface area contributed by atoms with E-state index in [1.54, 1.807) is 28.5 Å². The lowest BCUT2D eigenvalue weighted by Gasteiger charge is -1.98. The van der Waals surface area contributed by atoms with Gasteiger partial charge in [0.15, 0.2) is 0 Å². The standard InChI is InChI=1S/C13H14N4OS/c1-2-17-8-11(7-15-17)16-13(18)10-6-12(19-9-10)4-3-5-14/h6-9H,2,5,14H2,1H3,(H,16,18). The van der Waals surface area contributed by atoms with Gasteiger partial charge in [-0.25, -0.2) is 0 Å². The summed E-state index contributed by atoms with van der Waals surface area (Å²) >= 11 is 1.43. The first-order valence-electron chi connectivity index (χ1n) is 5.84. The van der Waals surface area contributed by atoms with Gasteiger partial charge in [0.05, 0.1) is 28.9 Å². The number of aryl methyl sites for hydroxylation is 1. The fourth-order valence-corrected chi connectivity index (χ4v) is 2.22. The van der Waals surface area contributed by atoms with Crippen LogP contribution in [0.4, 0.5) is 5.69 Å². The lowest BCUT2D eigenvalue weighted by Crippen LogP contribution is -2.10. The van der Waals surface area contributed by atoms with Crippen LogP contribution in [0, 0.1) is 11.8 Å². The molecule has 0 atom stereocenters. The molecule has 6 heteroatoms. The zero-order chi connectivity index (χ0) is 13.7. The van der Waals surface area contributed by atoms with Crippen molar-refractivity contribution in [3.05, 3.63) is 34.3 Å². The van der Waals surface area contributed by atoms with E-state index >= 15 is 0 Å². The summed E-state index contributed by atoms with van der Waals surface area (Å²) in [5, 5.41) is 8.67. The Morgan fingerprint density at radius 2 is 2.47 bits per heavy atom. The van der Waals surface area contributed by atoms with Gasteiger partial charge >= 0.3 is 0 Å². The van der Waals surface area contributed by atoms with Crippen LogP contribution in [0.5, 0.6) is 0 Å². The fraction of sp³-hybridized carbons (Fsp3) is 0.231. The molecule has 2 heterocycles. The molecule has 1 amide bonds. The van der Waals surface area contributed by atoms with E-state index in [0.29, 0.717) is 17.8 Å². The van der Waals surface area contributed by atoms with Crippen LogP contribution in [0.3, 0.4) is 0 Å². The van der Waals surface area contributed by atoms with Gasteiger partial charge in [-0.1, -0.05) is 11.8 Å². The molecule has 0 saturated carbocycles. The molecular weight excluding hydrogens is 260 g/mol. The monoisotopic (exact) mass is 274 g/mol. The Hall–Kier alpha value is -2.10. The number of nitrogens with two attached hydrogens (primary N) is 1. The summed E-state index contributed by atoms with van der Waals surface area (Å²) in [6, 6.07) is 1.76. The summed E-state index contributed by atoms with van der Waals surface area (Å²) in [4.78, 5) is 12.8. The minimum atomic E-state index is -0.160. The van der Waals surface area contributed by atoms with Crippen LogP contribution in [0.25, 0.3) is 0 Å². The van der Waals surface area contributed by atoms with Crippen LogP contribution >= 0.6 is 11.3 Å². The van der Waals surface area contributed by atoms with Crippen molar-refractivity contribution in [2.24, 2.45) is 5.73 Å². The summed E-state index contributed by atoms with van der Waals surface area (Å²) in [7, 11) is 0. The zero-order valence-corrected chi connectivity index (χ0v) is 11.3. The summed E-state index contributed by atoms with van der Waals surface area (Å²) in [6.07, 6.45) is 3.42. The number of aromatic nitrogens is 2. The van der Waals surface area contributed by atoms with Crippen molar-refractivity contribution < 1.29 is 4.79 Å². The molecule has 2 aromatic rings. The molecule has 0 unspecified atom stereocenters. The van der Waals surface area contributed by atoms with E-state index in [9.17, 15) is 4.79 Å². The number of thiophene rings is 1. The second kappa shape index (κ2) is 6.18. The highest BCUT2D eigenvalue weighted by Crippen LogP contribution is 2.15. The van der Waals surface area contributed by atoms with Crippen molar-refractivity contribution in [1.29, 1.82) is 0 Å². The molecule has 2 rings (SSSR count). The van der Waals surface area contributed by atoms with Crippen molar-refractivity contribution >= 4 is 22.9 Å². The van der Waals surface area contributed by atoms with Crippen LogP contribution in [-0.4, -0.2) is 22.2 Å². The highest BCUT2D eigenvalue weighted by atomic mass is 32.1. The molecule has 0 spiro atoms. The molecule has 0 saturated heterocycles. The fourth-order valence-electron chi connectivity index (χ4n) is 1.46. The van der Waals surface area contributed by atoms with Gasteiger partial charge in [0.1, 0.15) is 0 Å². The maximum absolute atomic E-state index is 12.0. The van der Waals surface area contributed by atoms with Gasteiger partial charge in [0.2, 0.25) is 0 Å². The minimum Gasteiger partial charge on any atom is -0.320 e. The van der Waals surface area contributed by atoms with E-state index in [2.05, 4.69) is 22.3 Å². The van der Waals surface area contributed by atoms with Gasteiger partial charge in [-0.15, -0.1) is 11.3 Å². The Morgan fingerprint density at radius 3 is 3.16 bits per heavy atom. The highest BCUT2D eigenvalue weighted by molar-refractivity contribution is 7.10. The van der Waals surface area contributed by atoms with Crippen molar-refractivity contribution in [3.63, 3.8) is 0 Å². The van der Waals surface area contributed by atoms with Crippen molar-refractivity contribution in [2.45, 2.75) is 13.5 Å². The van der Waals surface area contributed by atoms with E-state index < -0.39 is 0 Å². The van der Waals surface area contributed by atoms with E-state index in [-0.39, 0.29) is 5.91 Å². The summed E-state index contributed by atoms with van der Waals surface area (Å²) in [5.74, 6) is 5.50. The number of hydrogen-bond donors (Lipinski definition) is 2. The van der Waals surface area contributed by atoms with Crippen LogP contribution in [0.15, 0.2) is 23.8 Å². The molecule has 0 aromatic carbocycles. The molecule has 98 valence electrons. The normalized spacial score (nSPS) is 9.79. The Morgan fingerprint density at radius 1 is 1.63 bits per heavy atom. The number of carbonyl (C=O) groups is 1. The van der Waals surface area contributed by atoms with E-state index in [4.69, 9.17) is 5.73 Å². The molecule has 5 nitrogen and oxygen atoms in total. The van der Waals surface area contributed by atoms with Crippen molar-refractivity contribution in [3.8, 4) is 11.8 Å². The van der Waals surface area contributed by atoms with Gasteiger partial charge in [-0.2, -0.15) is 5.10 Å². The molecule has 0 fully saturated rings. The van der Waals surface area contributed by atoms with E-state index in [0.717, 1.165) is 11.4 Å². The number of carbonyl (C=O) groups excluding carboxylic acids is 1. The van der Waals surface area contributed by atoms with E-state index in [1.165, 1.54) is 11.3 Å². The number of nitrogens with zero attached hydrogens (tertiary/aromatic N) is 2. The summed E-state index contributed by atoms with van der Waals surface area (Å²) in [5.41, 5.74) is 6.58. The first kappa shape index (κ1) is 13.3. The van der Waals surface area contributed by atoms with Crippen molar-refractivity contribution in [2.75, 3.05) is 11.9 Å². The average Bonchev–Trinajstić information content (AvgIpc) is 3.04. The molecule has 3 N–H and O–H groups in total. The predicted molar refractivity (Wildman–Crippen MR) is 76.1 cm³/mol. The number of nitrogens with one attached hydrogen (secondary N) is 1. The van der Waals surface area contributed by atoms with Gasteiger partial charge in [0, 0.05) is 18.1 Å². The number of amides is 1. The first-order valence-corrected chi connectivity index (χ1v) is 6.72. The topological polar surface area (TPSA) is 72.9 Å². The summed E-state index contributed by atoms with van der Waals surface area (Å²) < 4.78 is 1.75. The molecule has 2 aromatic heterocycles. The maximum atomic E-state index is 12.0. The van der Waals surface area contributed by atoms with E-state index in [1.807, 2.05) is 6.92 Å². The lowest BCUT2D eigenvalue weighted by atomic mass is 10.3. The predicted octanol–water partition coefficient (Wildman–Crippen LogP) is 1.53. The summed E-state index contributed by atoms with van der Waals surface area (Å²) in [6.45, 7) is 3.07. The van der Waals surface area contributed by atoms with Crippen molar-refractivity contribution in [1.82, 2.24) is 9.78 Å². The smallest absolute Gasteiger partial charge is 0.256 e. The largest absolute Gasteiger partial charge is 0.320 e. The maximum Gasteiger partial charge on any atom is 0.256 e. The second-order valence-electron chi connectivity index (χ2n) is 3.74. The third-order valence-corrected chi connectivity index (χ3v) is 3.24. The van der Waals surface area contributed by atoms with Crippen LogP contribution < -0.4 is 11.1 Å². The van der Waals surface area contributed by atoms with Gasteiger partial charge < -0.3 is 11.1 Å². The average molecular weight is 274 g/mol. The number of hydrogen-bond acceptors (Lipinski definition) is 4. The molecule has 0 aliphatic rings. The molecule has 0 bridgehead atoms. The molecular formula is C13H14N4OS. The Kier molecular flexibility index (Phi) is 4.34. The minimum absolute atomic E-state index is 0.160. The van der Waals surface area contributed by atoms with Crippen LogP contribution in [-0.2, 0) is 6.54 Å². The first-order chi connectivity index (χ1) is 9.22. The Bertz CT molecular complexity index is 632. The Balaban J connectivity index is 2.05. The third-order valence-electron chi connectivity index (χ3n) is 2.39. The SMILES string of the molecule is CCn1cc(NC(=O)c2csc(C#CCN)c2)cn1. The van der Waals surface area contributed by atoms with Crippen LogP contribution in [0.2, 0.25) is 0 Å². The molecule has 0 aliphatic carbocycles. The zero-order valence-electron chi connectivity index (χ0n) is 10.5. The highest BCUT2D eigenvalue weighted by Gasteiger charge is 2.09. The lowest BCUT2D eigenvalue weighted by molar-refractivity contribution is 0.102. The third kappa shape index (κ3) is 3.44. The molecule has 0 aliphatic heterocycles. The molecule has 19 heavy (non-hydrogen) atoms. The number of anilines is 1. The van der Waals surface area contributed by atoms with Gasteiger partial charge in [-0.05, 0) is 13.0 Å². The molecule has 0 radical (unpaired) electrons. The van der Waals surface area contributed by atoms with Gasteiger partial charge in [-0.3, -0.25) is 9.48 Å². The Labute approximate surface area is 115 Å². The number of rotatable bonds is 3. The quantitative estimate of drug-likeness (QED) is 0.834. The van der Waals surface area contributed by atoms with Crippen LogP contribution in [0.1, 0.15) is 22.2 Å².